The normalized spacial score (nSPS) is 24.3. The number of nitro benzene ring substituents is 1. The van der Waals surface area contributed by atoms with Gasteiger partial charge in [-0.25, -0.2) is 42.4 Å². The summed E-state index contributed by atoms with van der Waals surface area (Å²) in [5.74, 6) is -4.19. The first kappa shape index (κ1) is 75.5. The summed E-state index contributed by atoms with van der Waals surface area (Å²) in [5.41, 5.74) is 19.5. The molecular formula is C56H48Cl4F16N12O7. The van der Waals surface area contributed by atoms with Gasteiger partial charge in [-0.05, 0) is 69.7 Å². The van der Waals surface area contributed by atoms with Gasteiger partial charge in [0.05, 0.1) is 53.7 Å². The highest BCUT2D eigenvalue weighted by Crippen LogP contribution is 2.47. The lowest BCUT2D eigenvalue weighted by Gasteiger charge is -2.36. The van der Waals surface area contributed by atoms with Crippen LogP contribution in [0.1, 0.15) is 91.7 Å². The molecule has 5 heterocycles. The molecule has 0 saturated carbocycles. The largest absolute Gasteiger partial charge is 0.452 e. The molecule has 514 valence electrons. The van der Waals surface area contributed by atoms with E-state index in [2.05, 4.69) is 48.7 Å². The van der Waals surface area contributed by atoms with Gasteiger partial charge in [0.25, 0.3) is 29.8 Å². The third-order valence-corrected chi connectivity index (χ3v) is 15.6. The molecule has 9 rings (SSSR count). The number of alkyl halides is 12. The Kier molecular flexibility index (Phi) is 22.3. The van der Waals surface area contributed by atoms with Crippen molar-refractivity contribution in [1.29, 1.82) is 0 Å². The van der Waals surface area contributed by atoms with Crippen molar-refractivity contribution in [2.75, 3.05) is 5.73 Å². The number of carbonyl (C=O) groups is 1. The lowest BCUT2D eigenvalue weighted by atomic mass is 9.84. The highest BCUT2D eigenvalue weighted by Gasteiger charge is 2.54. The van der Waals surface area contributed by atoms with Crippen LogP contribution in [-0.2, 0) is 47.5 Å². The van der Waals surface area contributed by atoms with E-state index < -0.39 is 171 Å². The molecule has 5 aromatic rings. The Labute approximate surface area is 546 Å². The van der Waals surface area contributed by atoms with Crippen LogP contribution >= 0.6 is 46.4 Å². The van der Waals surface area contributed by atoms with Crippen LogP contribution in [0.2, 0.25) is 20.1 Å². The molecule has 0 spiro atoms. The summed E-state index contributed by atoms with van der Waals surface area (Å²) in [6.07, 6.45) is -29.4. The number of halogens is 20. The summed E-state index contributed by atoms with van der Waals surface area (Å²) in [4.78, 5) is 44.8. The van der Waals surface area contributed by atoms with Gasteiger partial charge in [0.15, 0.2) is 30.2 Å². The zero-order valence-corrected chi connectivity index (χ0v) is 51.7. The molecule has 0 aliphatic carbocycles. The van der Waals surface area contributed by atoms with Gasteiger partial charge in [-0.3, -0.25) is 19.9 Å². The van der Waals surface area contributed by atoms with Crippen LogP contribution in [0, 0.1) is 40.0 Å². The van der Waals surface area contributed by atoms with Crippen LogP contribution in [-0.4, -0.2) is 88.9 Å². The van der Waals surface area contributed by atoms with Crippen molar-refractivity contribution in [3.8, 4) is 0 Å². The summed E-state index contributed by atoms with van der Waals surface area (Å²) in [5, 5.41) is 9.40. The minimum atomic E-state index is -4.76. The number of ketones is 1. The molecule has 0 saturated heterocycles. The van der Waals surface area contributed by atoms with Crippen molar-refractivity contribution in [2.24, 2.45) is 42.9 Å². The Hall–Kier alpha value is -8.49. The van der Waals surface area contributed by atoms with Gasteiger partial charge in [-0.1, -0.05) is 64.6 Å². The number of nitrogen functional groups attached to an aromatic ring is 1. The number of hydrogen-bond donors (Lipinski definition) is 5. The van der Waals surface area contributed by atoms with Crippen molar-refractivity contribution in [2.45, 2.75) is 131 Å². The smallest absolute Gasteiger partial charge is 0.425 e. The van der Waals surface area contributed by atoms with Gasteiger partial charge in [-0.2, -0.15) is 52.7 Å². The van der Waals surface area contributed by atoms with Gasteiger partial charge in [0.1, 0.15) is 29.0 Å². The summed E-state index contributed by atoms with van der Waals surface area (Å²) < 4.78 is 230. The SMILES string of the molecule is C[C@@]1(c2cc(N)cc(Cl)c2F)C[C@@H](C(F)(F)F)OC(N)=N1.C[C@@]1(c2cc([N+](=O)[O-])cc(Cl)c2F)C[C@@H](C(F)(F)F)OC(N)=N1.C[C@@]1(c2cccc(Cl)c2F)C[C@@H](C(F)(F)F)OC(N)=N1.[C-]#[N+]c1ccc(C(=O)Cc2cc(Cl)c(F)c([C@]3(C)C[C@@H](C(F)(F)F)OC(N)=N3)c2)nc1. The van der Waals surface area contributed by atoms with Crippen LogP contribution in [0.15, 0.2) is 92.9 Å². The fraction of sp³-hybridized carbons (Fsp3) is 0.375. The van der Waals surface area contributed by atoms with E-state index in [1.54, 1.807) is 0 Å². The molecule has 0 fully saturated rings. The Morgan fingerprint density at radius 2 is 0.905 bits per heavy atom. The molecule has 4 aliphatic rings. The van der Waals surface area contributed by atoms with E-state index in [9.17, 15) is 85.2 Å². The second-order valence-electron chi connectivity index (χ2n) is 21.9. The maximum absolute atomic E-state index is 14.8. The highest BCUT2D eigenvalue weighted by molar-refractivity contribution is 6.32. The van der Waals surface area contributed by atoms with E-state index in [0.717, 1.165) is 18.2 Å². The maximum Gasteiger partial charge on any atom is 0.425 e. The van der Waals surface area contributed by atoms with E-state index in [1.165, 1.54) is 82.4 Å². The second kappa shape index (κ2) is 28.1. The van der Waals surface area contributed by atoms with E-state index in [-0.39, 0.29) is 60.8 Å². The molecule has 0 radical (unpaired) electrons. The highest BCUT2D eigenvalue weighted by atomic mass is 35.5. The molecule has 95 heavy (non-hydrogen) atoms. The summed E-state index contributed by atoms with van der Waals surface area (Å²) in [6, 6.07) is 10.4. The predicted octanol–water partition coefficient (Wildman–Crippen LogP) is 14.3. The monoisotopic (exact) mass is 1440 g/mol. The fourth-order valence-electron chi connectivity index (χ4n) is 9.89. The van der Waals surface area contributed by atoms with Crippen LogP contribution in [0.5, 0.6) is 0 Å². The van der Waals surface area contributed by atoms with Gasteiger partial charge in [-0.15, -0.1) is 0 Å². The number of hydrogen-bond acceptors (Lipinski definition) is 17. The number of carbonyl (C=O) groups excluding carboxylic acids is 1. The van der Waals surface area contributed by atoms with Crippen molar-refractivity contribution >= 4 is 93.3 Å². The number of anilines is 1. The summed E-state index contributed by atoms with van der Waals surface area (Å²) in [6.45, 7) is 12.0. The van der Waals surface area contributed by atoms with Crippen LogP contribution < -0.4 is 28.7 Å². The Balaban J connectivity index is 0.000000204. The number of nitrogens with zero attached hydrogens (tertiary/aromatic N) is 7. The van der Waals surface area contributed by atoms with E-state index in [0.29, 0.717) is 0 Å². The van der Waals surface area contributed by atoms with Crippen molar-refractivity contribution in [1.82, 2.24) is 4.98 Å². The minimum absolute atomic E-state index is 0.0505. The standard InChI is InChI=1S/C20H15ClF4N4O2.C12H10ClF4N3O3.C12H12ClF4N3O.C12H11ClF4N2O/c1-19(8-16(20(23,24)25)31-18(26)29-19)12-5-10(6-13(21)17(12)22)7-15(30)14-4-3-11(27-2)9-28-14;1-11(4-8(12(15,16)17)23-10(18)19-11)6-2-5(20(21)22)3-7(13)9(6)14;1-11(6-2-5(18)3-7(13)9(6)14)4-8(12(15,16)17)21-10(19)20-11;1-11(6-3-2-4-7(13)9(6)14)5-8(12(15,16)17)20-10(18)19-11/h3-6,9,16H,7-8H2,1H3,(H2,26,29);2-3,8H,4H2,1H3,(H2,18,19);2-3,8H,4,18H2,1H3,(H2,19,20);2-4,8H,5H2,1H3,(H2,18,19)/t16-,19-;3*8-,11-/m0000/s1. The molecule has 1 aromatic heterocycles. The number of rotatable bonds is 8. The van der Waals surface area contributed by atoms with Crippen molar-refractivity contribution in [3.63, 3.8) is 0 Å². The average molecular weight is 1450 g/mol. The number of ether oxygens (including phenoxy) is 4. The number of pyridine rings is 1. The Morgan fingerprint density at radius 1 is 0.547 bits per heavy atom. The number of amidine groups is 4. The third-order valence-electron chi connectivity index (χ3n) is 14.4. The third kappa shape index (κ3) is 18.1. The first-order valence-electron chi connectivity index (χ1n) is 26.6. The lowest BCUT2D eigenvalue weighted by molar-refractivity contribution is -0.385. The van der Waals surface area contributed by atoms with Crippen LogP contribution in [0.25, 0.3) is 4.85 Å². The number of nitro groups is 1. The van der Waals surface area contributed by atoms with Crippen LogP contribution in [0.4, 0.5) is 87.3 Å². The van der Waals surface area contributed by atoms with Gasteiger partial charge < -0.3 is 47.6 Å². The van der Waals surface area contributed by atoms with Crippen molar-refractivity contribution in [3.05, 3.63) is 171 Å². The van der Waals surface area contributed by atoms with Crippen LogP contribution in [0.3, 0.4) is 0 Å². The number of nitrogens with two attached hydrogens (primary N) is 5. The summed E-state index contributed by atoms with van der Waals surface area (Å²) >= 11 is 22.9. The van der Waals surface area contributed by atoms with E-state index >= 15 is 0 Å². The quantitative estimate of drug-likeness (QED) is 0.0241. The molecule has 39 heteroatoms. The average Bonchev–Trinajstić information content (AvgIpc) is 0.786. The molecule has 0 unspecified atom stereocenters. The maximum atomic E-state index is 14.8. The Morgan fingerprint density at radius 3 is 1.27 bits per heavy atom. The predicted molar refractivity (Wildman–Crippen MR) is 313 cm³/mol. The molecular weight excluding hydrogens is 1400 g/mol. The van der Waals surface area contributed by atoms with E-state index in [4.69, 9.17) is 81.6 Å². The minimum Gasteiger partial charge on any atom is -0.452 e. The molecule has 4 aromatic carbocycles. The zero-order valence-electron chi connectivity index (χ0n) is 48.7. The number of non-ortho nitro benzene ring substituents is 1. The molecule has 4 aliphatic heterocycles. The first-order valence-corrected chi connectivity index (χ1v) is 28.1. The van der Waals surface area contributed by atoms with Gasteiger partial charge in [0, 0.05) is 78.4 Å². The molecule has 8 atom stereocenters. The molecule has 10 N–H and O–H groups in total. The van der Waals surface area contributed by atoms with E-state index in [1.807, 2.05) is 0 Å². The van der Waals surface area contributed by atoms with Gasteiger partial charge >= 0.3 is 24.7 Å². The number of Topliss-reactive ketones (excluding diaryl/α,β-unsaturated/α-hetero) is 1. The Bertz CT molecular complexity index is 3930. The lowest BCUT2D eigenvalue weighted by Crippen LogP contribution is -2.46. The second-order valence-corrected chi connectivity index (χ2v) is 23.5. The molecule has 0 amide bonds. The fourth-order valence-corrected chi connectivity index (χ4v) is 10.7. The molecule has 0 bridgehead atoms. The number of aromatic nitrogens is 1. The number of benzene rings is 4. The molecule has 19 nitrogen and oxygen atoms in total. The zero-order chi connectivity index (χ0) is 71.7. The van der Waals surface area contributed by atoms with Gasteiger partial charge in [0.2, 0.25) is 5.69 Å². The summed E-state index contributed by atoms with van der Waals surface area (Å²) in [7, 11) is 0. The number of aliphatic imine (C=N–C) groups is 4. The first-order chi connectivity index (χ1) is 43.5. The van der Waals surface area contributed by atoms with Crippen molar-refractivity contribution < 1.29 is 98.9 Å². The topological polar surface area (TPSA) is 294 Å².